The molecule has 0 aliphatic carbocycles. The van der Waals surface area contributed by atoms with E-state index in [1.807, 2.05) is 42.1 Å². The molecule has 1 aromatic carbocycles. The van der Waals surface area contributed by atoms with E-state index in [-0.39, 0.29) is 0 Å². The topological polar surface area (TPSA) is 17.8 Å². The molecule has 0 aliphatic rings. The third-order valence-corrected chi connectivity index (χ3v) is 1.82. The van der Waals surface area contributed by atoms with E-state index in [2.05, 4.69) is 11.2 Å². The summed E-state index contributed by atoms with van der Waals surface area (Å²) in [4.78, 5) is 0. The number of nitrogens with zero attached hydrogens (tertiary/aromatic N) is 2. The summed E-state index contributed by atoms with van der Waals surface area (Å²) in [6, 6.07) is 12.9. The van der Waals surface area contributed by atoms with Crippen LogP contribution in [0, 0.1) is 6.07 Å². The number of aromatic nitrogens is 2. The summed E-state index contributed by atoms with van der Waals surface area (Å²) in [7, 11) is 1.93. The minimum atomic E-state index is 1.12. The Balaban J connectivity index is 2.51. The number of aryl methyl sites for hydroxylation is 1. The standard InChI is InChI=1S/C10H9N2/c1-12-10(7-8-11-12)9-5-3-2-4-6-9/h2-3,5-8H,1H3. The number of hydrogen-bond acceptors (Lipinski definition) is 1. The van der Waals surface area contributed by atoms with Crippen molar-refractivity contribution in [1.82, 2.24) is 9.78 Å². The first-order valence-electron chi connectivity index (χ1n) is 3.82. The zero-order valence-corrected chi connectivity index (χ0v) is 6.86. The first kappa shape index (κ1) is 7.10. The fourth-order valence-corrected chi connectivity index (χ4v) is 1.21. The summed E-state index contributed by atoms with van der Waals surface area (Å²) in [6.07, 6.45) is 1.79. The SMILES string of the molecule is Cn1nccc1-c1c[c]ccc1. The normalized spacial score (nSPS) is 10.1. The van der Waals surface area contributed by atoms with Crippen LogP contribution in [-0.2, 0) is 7.05 Å². The van der Waals surface area contributed by atoms with Crippen LogP contribution in [-0.4, -0.2) is 9.78 Å². The van der Waals surface area contributed by atoms with Gasteiger partial charge in [0.25, 0.3) is 0 Å². The average molecular weight is 157 g/mol. The monoisotopic (exact) mass is 157 g/mol. The van der Waals surface area contributed by atoms with Gasteiger partial charge < -0.3 is 0 Å². The summed E-state index contributed by atoms with van der Waals surface area (Å²) < 4.78 is 1.85. The fourth-order valence-electron chi connectivity index (χ4n) is 1.21. The zero-order chi connectivity index (χ0) is 8.39. The van der Waals surface area contributed by atoms with E-state index >= 15 is 0 Å². The molecule has 0 bridgehead atoms. The molecule has 2 aromatic rings. The van der Waals surface area contributed by atoms with Crippen LogP contribution in [0.4, 0.5) is 0 Å². The van der Waals surface area contributed by atoms with Gasteiger partial charge in [0, 0.05) is 18.8 Å². The van der Waals surface area contributed by atoms with Gasteiger partial charge in [-0.05, 0) is 18.2 Å². The van der Waals surface area contributed by atoms with Gasteiger partial charge in [-0.2, -0.15) is 5.10 Å². The Hall–Kier alpha value is -1.57. The van der Waals surface area contributed by atoms with E-state index in [4.69, 9.17) is 0 Å². The average Bonchev–Trinajstić information content (AvgIpc) is 2.53. The smallest absolute Gasteiger partial charge is 0.0679 e. The molecule has 0 aliphatic heterocycles. The maximum atomic E-state index is 4.10. The first-order valence-corrected chi connectivity index (χ1v) is 3.82. The van der Waals surface area contributed by atoms with Crippen molar-refractivity contribution in [2.24, 2.45) is 7.05 Å². The van der Waals surface area contributed by atoms with Crippen molar-refractivity contribution < 1.29 is 0 Å². The molecule has 0 saturated heterocycles. The summed E-state index contributed by atoms with van der Waals surface area (Å²) >= 11 is 0. The molecule has 0 amide bonds. The summed E-state index contributed by atoms with van der Waals surface area (Å²) in [5.41, 5.74) is 2.27. The van der Waals surface area contributed by atoms with Crippen molar-refractivity contribution in [1.29, 1.82) is 0 Å². The second-order valence-electron chi connectivity index (χ2n) is 2.63. The van der Waals surface area contributed by atoms with Crippen LogP contribution in [0.2, 0.25) is 0 Å². The molecule has 59 valence electrons. The van der Waals surface area contributed by atoms with E-state index in [0.717, 1.165) is 11.3 Å². The Labute approximate surface area is 71.5 Å². The highest BCUT2D eigenvalue weighted by atomic mass is 15.2. The molecule has 0 unspecified atom stereocenters. The van der Waals surface area contributed by atoms with Gasteiger partial charge >= 0.3 is 0 Å². The second-order valence-corrected chi connectivity index (χ2v) is 2.63. The highest BCUT2D eigenvalue weighted by molar-refractivity contribution is 5.58. The number of rotatable bonds is 1. The van der Waals surface area contributed by atoms with Gasteiger partial charge in [-0.1, -0.05) is 18.2 Å². The number of hydrogen-bond donors (Lipinski definition) is 0. The van der Waals surface area contributed by atoms with Crippen LogP contribution in [0.5, 0.6) is 0 Å². The van der Waals surface area contributed by atoms with E-state index in [1.165, 1.54) is 0 Å². The highest BCUT2D eigenvalue weighted by Crippen LogP contribution is 2.16. The Morgan fingerprint density at radius 3 is 2.92 bits per heavy atom. The molecular formula is C10H9N2. The molecular weight excluding hydrogens is 148 g/mol. The Kier molecular flexibility index (Phi) is 1.67. The highest BCUT2D eigenvalue weighted by Gasteiger charge is 1.99. The van der Waals surface area contributed by atoms with Gasteiger partial charge in [-0.15, -0.1) is 0 Å². The van der Waals surface area contributed by atoms with Crippen LogP contribution < -0.4 is 0 Å². The van der Waals surface area contributed by atoms with E-state index < -0.39 is 0 Å². The molecule has 2 rings (SSSR count). The van der Waals surface area contributed by atoms with E-state index in [0.29, 0.717) is 0 Å². The minimum Gasteiger partial charge on any atom is -0.268 e. The van der Waals surface area contributed by atoms with Gasteiger partial charge in [0.1, 0.15) is 0 Å². The largest absolute Gasteiger partial charge is 0.268 e. The summed E-state index contributed by atoms with van der Waals surface area (Å²) in [6.45, 7) is 0. The molecule has 0 fully saturated rings. The lowest BCUT2D eigenvalue weighted by atomic mass is 10.2. The molecule has 1 aromatic heterocycles. The van der Waals surface area contributed by atoms with Crippen molar-refractivity contribution >= 4 is 0 Å². The van der Waals surface area contributed by atoms with Gasteiger partial charge in [0.05, 0.1) is 5.69 Å². The Morgan fingerprint density at radius 1 is 1.42 bits per heavy atom. The molecule has 0 saturated carbocycles. The zero-order valence-electron chi connectivity index (χ0n) is 6.86. The van der Waals surface area contributed by atoms with Crippen molar-refractivity contribution in [2.75, 3.05) is 0 Å². The van der Waals surface area contributed by atoms with Crippen molar-refractivity contribution in [3.63, 3.8) is 0 Å². The lowest BCUT2D eigenvalue weighted by Gasteiger charge is -1.99. The predicted octanol–water partition coefficient (Wildman–Crippen LogP) is 1.89. The molecule has 2 heteroatoms. The molecule has 0 atom stereocenters. The maximum absolute atomic E-state index is 4.10. The van der Waals surface area contributed by atoms with Crippen LogP contribution in [0.15, 0.2) is 36.5 Å². The summed E-state index contributed by atoms with van der Waals surface area (Å²) in [5, 5.41) is 4.10. The predicted molar refractivity (Wildman–Crippen MR) is 47.5 cm³/mol. The lowest BCUT2D eigenvalue weighted by molar-refractivity contribution is 0.776. The molecule has 1 heterocycles. The van der Waals surface area contributed by atoms with Gasteiger partial charge in [-0.3, -0.25) is 4.68 Å². The van der Waals surface area contributed by atoms with Crippen LogP contribution in [0.3, 0.4) is 0 Å². The third-order valence-electron chi connectivity index (χ3n) is 1.82. The van der Waals surface area contributed by atoms with Gasteiger partial charge in [-0.25, -0.2) is 0 Å². The molecule has 2 nitrogen and oxygen atoms in total. The quantitative estimate of drug-likeness (QED) is 0.618. The van der Waals surface area contributed by atoms with Gasteiger partial charge in [0.2, 0.25) is 0 Å². The van der Waals surface area contributed by atoms with Crippen molar-refractivity contribution in [3.05, 3.63) is 42.6 Å². The number of benzene rings is 1. The Bertz CT molecular complexity index is 362. The maximum Gasteiger partial charge on any atom is 0.0679 e. The van der Waals surface area contributed by atoms with Gasteiger partial charge in [0.15, 0.2) is 0 Å². The molecule has 12 heavy (non-hydrogen) atoms. The first-order chi connectivity index (χ1) is 5.88. The van der Waals surface area contributed by atoms with E-state index in [9.17, 15) is 0 Å². The fraction of sp³-hybridized carbons (Fsp3) is 0.100. The van der Waals surface area contributed by atoms with E-state index in [1.54, 1.807) is 6.20 Å². The summed E-state index contributed by atoms with van der Waals surface area (Å²) in [5.74, 6) is 0. The molecule has 0 N–H and O–H groups in total. The molecule has 0 spiro atoms. The van der Waals surface area contributed by atoms with Crippen LogP contribution in [0.1, 0.15) is 0 Å². The third kappa shape index (κ3) is 1.11. The van der Waals surface area contributed by atoms with Crippen molar-refractivity contribution in [2.45, 2.75) is 0 Å². The van der Waals surface area contributed by atoms with Crippen molar-refractivity contribution in [3.8, 4) is 11.3 Å². The lowest BCUT2D eigenvalue weighted by Crippen LogP contribution is -1.92. The molecule has 1 radical (unpaired) electrons. The second kappa shape index (κ2) is 2.81. The van der Waals surface area contributed by atoms with Crippen LogP contribution >= 0.6 is 0 Å². The Morgan fingerprint density at radius 2 is 2.33 bits per heavy atom. The van der Waals surface area contributed by atoms with Crippen LogP contribution in [0.25, 0.3) is 11.3 Å². The minimum absolute atomic E-state index is 1.12.